The number of unbranched alkanes of at least 4 members (excludes halogenated alkanes) is 14. The number of hydrogen-bond donors (Lipinski definition) is 2. The topological polar surface area (TPSA) is 83.8 Å². The molecule has 148 valence electrons. The monoisotopic (exact) mass is 390 g/mol. The van der Waals surface area contributed by atoms with Crippen LogP contribution in [0.1, 0.15) is 113 Å². The standard InChI is InChI=1S/C18H37O5P.Mg.2H/c1-2-3-4-5-6-7-8-9-10-11-12-13-14-15-16-17-18(19)23-24(20,21)22;;;/h2-17H2,1H3,(H2,20,21,22);;;/q;+2;2*-1. The minimum absolute atomic E-state index is 0. The van der Waals surface area contributed by atoms with Gasteiger partial charge in [-0.25, -0.2) is 4.57 Å². The van der Waals surface area contributed by atoms with Gasteiger partial charge in [0.2, 0.25) is 0 Å². The van der Waals surface area contributed by atoms with Gasteiger partial charge in [-0.1, -0.05) is 96.8 Å². The van der Waals surface area contributed by atoms with Crippen molar-refractivity contribution in [3.05, 3.63) is 0 Å². The van der Waals surface area contributed by atoms with Crippen LogP contribution in [0.4, 0.5) is 0 Å². The maximum atomic E-state index is 11.1. The van der Waals surface area contributed by atoms with Gasteiger partial charge in [0.1, 0.15) is 0 Å². The van der Waals surface area contributed by atoms with Crippen molar-refractivity contribution in [1.29, 1.82) is 0 Å². The summed E-state index contributed by atoms with van der Waals surface area (Å²) in [4.78, 5) is 28.0. The summed E-state index contributed by atoms with van der Waals surface area (Å²) in [5.41, 5.74) is 0. The van der Waals surface area contributed by atoms with E-state index in [1.54, 1.807) is 0 Å². The Morgan fingerprint density at radius 3 is 1.40 bits per heavy atom. The molecule has 0 aromatic carbocycles. The van der Waals surface area contributed by atoms with E-state index >= 15 is 0 Å². The third-order valence-corrected chi connectivity index (χ3v) is 4.65. The summed E-state index contributed by atoms with van der Waals surface area (Å²) >= 11 is 0. The van der Waals surface area contributed by atoms with E-state index in [1.807, 2.05) is 0 Å². The van der Waals surface area contributed by atoms with Crippen LogP contribution in [0.3, 0.4) is 0 Å². The van der Waals surface area contributed by atoms with E-state index < -0.39 is 13.8 Å². The van der Waals surface area contributed by atoms with Crippen molar-refractivity contribution in [2.75, 3.05) is 0 Å². The first-order valence-electron chi connectivity index (χ1n) is 9.73. The number of phosphoric acid groups is 1. The van der Waals surface area contributed by atoms with Gasteiger partial charge < -0.3 is 7.38 Å². The third kappa shape index (κ3) is 24.4. The molecule has 0 heterocycles. The van der Waals surface area contributed by atoms with E-state index in [0.717, 1.165) is 12.8 Å². The molecule has 0 aromatic heterocycles. The first-order chi connectivity index (χ1) is 11.5. The van der Waals surface area contributed by atoms with Gasteiger partial charge in [0.05, 0.1) is 0 Å². The molecular formula is C18H39MgO5P. The quantitative estimate of drug-likeness (QED) is 0.188. The number of hydrogen-bond acceptors (Lipinski definition) is 3. The van der Waals surface area contributed by atoms with Crippen LogP contribution in [-0.2, 0) is 13.9 Å². The minimum atomic E-state index is -4.66. The predicted octanol–water partition coefficient (Wildman–Crippen LogP) is 5.73. The van der Waals surface area contributed by atoms with Gasteiger partial charge in [0, 0.05) is 6.42 Å². The Labute approximate surface area is 173 Å². The molecule has 0 aliphatic rings. The van der Waals surface area contributed by atoms with Gasteiger partial charge in [-0.15, -0.1) is 0 Å². The van der Waals surface area contributed by atoms with Crippen LogP contribution in [0.5, 0.6) is 0 Å². The molecular weight excluding hydrogens is 351 g/mol. The SMILES string of the molecule is CCCCCCCCCCCCCCCCCC(=O)OP(=O)(O)O.[H-].[H-].[Mg+2]. The summed E-state index contributed by atoms with van der Waals surface area (Å²) in [6.07, 6.45) is 18.7. The van der Waals surface area contributed by atoms with Crippen molar-refractivity contribution in [3.63, 3.8) is 0 Å². The molecule has 0 spiro atoms. The van der Waals surface area contributed by atoms with Crippen molar-refractivity contribution in [2.45, 2.75) is 110 Å². The molecule has 0 aromatic rings. The minimum Gasteiger partial charge on any atom is -1.00 e. The largest absolute Gasteiger partial charge is 2.00 e. The van der Waals surface area contributed by atoms with Crippen molar-refractivity contribution in [2.24, 2.45) is 0 Å². The molecule has 0 rings (SSSR count). The van der Waals surface area contributed by atoms with Gasteiger partial charge in [-0.2, -0.15) is 0 Å². The number of carbonyl (C=O) groups excluding carboxylic acids is 1. The average molecular weight is 391 g/mol. The molecule has 0 saturated heterocycles. The van der Waals surface area contributed by atoms with Crippen LogP contribution < -0.4 is 0 Å². The molecule has 2 N–H and O–H groups in total. The van der Waals surface area contributed by atoms with Crippen molar-refractivity contribution >= 4 is 36.8 Å². The second kappa shape index (κ2) is 19.2. The summed E-state index contributed by atoms with van der Waals surface area (Å²) in [6, 6.07) is 0. The van der Waals surface area contributed by atoms with Crippen LogP contribution in [0, 0.1) is 0 Å². The number of carbonyl (C=O) groups is 1. The van der Waals surface area contributed by atoms with Gasteiger partial charge >= 0.3 is 36.8 Å². The molecule has 0 radical (unpaired) electrons. The molecule has 0 atom stereocenters. The first kappa shape index (κ1) is 27.6. The van der Waals surface area contributed by atoms with E-state index in [0.29, 0.717) is 6.42 Å². The zero-order valence-corrected chi connectivity index (χ0v) is 18.4. The maximum absolute atomic E-state index is 11.1. The molecule has 0 unspecified atom stereocenters. The number of phosphoric ester groups is 1. The fourth-order valence-corrected chi connectivity index (χ4v) is 3.18. The molecule has 0 aliphatic heterocycles. The number of rotatable bonds is 17. The fraction of sp³-hybridized carbons (Fsp3) is 0.944. The van der Waals surface area contributed by atoms with Gasteiger partial charge in [-0.3, -0.25) is 14.6 Å². The van der Waals surface area contributed by atoms with E-state index in [9.17, 15) is 9.36 Å². The summed E-state index contributed by atoms with van der Waals surface area (Å²) in [5, 5.41) is 0. The second-order valence-corrected chi connectivity index (χ2v) is 7.82. The predicted molar refractivity (Wildman–Crippen MR) is 106 cm³/mol. The molecule has 0 amide bonds. The summed E-state index contributed by atoms with van der Waals surface area (Å²) in [7, 11) is -4.66. The van der Waals surface area contributed by atoms with Gasteiger partial charge in [-0.05, 0) is 6.42 Å². The summed E-state index contributed by atoms with van der Waals surface area (Å²) in [5.74, 6) is -0.807. The summed E-state index contributed by atoms with van der Waals surface area (Å²) < 4.78 is 14.4. The van der Waals surface area contributed by atoms with Crippen LogP contribution in [0.15, 0.2) is 0 Å². The molecule has 25 heavy (non-hydrogen) atoms. The molecule has 0 fully saturated rings. The molecule has 0 saturated carbocycles. The van der Waals surface area contributed by atoms with E-state index in [-0.39, 0.29) is 32.3 Å². The van der Waals surface area contributed by atoms with Crippen LogP contribution in [0.25, 0.3) is 0 Å². The van der Waals surface area contributed by atoms with Crippen LogP contribution in [0.2, 0.25) is 0 Å². The molecule has 0 aliphatic carbocycles. The Balaban J connectivity index is -0.000000882. The zero-order chi connectivity index (χ0) is 18.1. The van der Waals surface area contributed by atoms with E-state index in [2.05, 4.69) is 11.4 Å². The molecule has 7 heteroatoms. The van der Waals surface area contributed by atoms with Crippen LogP contribution in [-0.4, -0.2) is 38.8 Å². The fourth-order valence-electron chi connectivity index (χ4n) is 2.82. The van der Waals surface area contributed by atoms with E-state index in [4.69, 9.17) is 9.79 Å². The van der Waals surface area contributed by atoms with E-state index in [1.165, 1.54) is 77.0 Å². The maximum Gasteiger partial charge on any atom is 2.00 e. The van der Waals surface area contributed by atoms with Gasteiger partial charge in [0.25, 0.3) is 0 Å². The van der Waals surface area contributed by atoms with Gasteiger partial charge in [0.15, 0.2) is 0 Å². The van der Waals surface area contributed by atoms with Crippen molar-refractivity contribution in [3.8, 4) is 0 Å². The van der Waals surface area contributed by atoms with Crippen molar-refractivity contribution in [1.82, 2.24) is 0 Å². The molecule has 0 bridgehead atoms. The average Bonchev–Trinajstić information content (AvgIpc) is 2.49. The third-order valence-electron chi connectivity index (χ3n) is 4.21. The Hall–Kier alpha value is 0.386. The van der Waals surface area contributed by atoms with Crippen molar-refractivity contribution < 1.29 is 26.5 Å². The normalized spacial score (nSPS) is 11.2. The Kier molecular flexibility index (Phi) is 21.2. The van der Waals surface area contributed by atoms with Crippen LogP contribution >= 0.6 is 7.82 Å². The smallest absolute Gasteiger partial charge is 1.00 e. The summed E-state index contributed by atoms with van der Waals surface area (Å²) in [6.45, 7) is 2.25. The second-order valence-electron chi connectivity index (χ2n) is 6.65. The Morgan fingerprint density at radius 2 is 1.08 bits per heavy atom. The Morgan fingerprint density at radius 1 is 0.760 bits per heavy atom. The molecule has 5 nitrogen and oxygen atoms in total. The Bertz CT molecular complexity index is 357. The first-order valence-corrected chi connectivity index (χ1v) is 11.3. The zero-order valence-electron chi connectivity index (χ0n) is 18.1.